The van der Waals surface area contributed by atoms with E-state index in [-0.39, 0.29) is 10.9 Å². The Morgan fingerprint density at radius 1 is 1.43 bits per heavy atom. The van der Waals surface area contributed by atoms with Crippen LogP contribution in [0.5, 0.6) is 5.75 Å². The van der Waals surface area contributed by atoms with E-state index in [0.29, 0.717) is 18.0 Å². The Morgan fingerprint density at radius 2 is 2.19 bits per heavy atom. The summed E-state index contributed by atoms with van der Waals surface area (Å²) in [6, 6.07) is 4.84. The Morgan fingerprint density at radius 3 is 2.86 bits per heavy atom. The maximum atomic E-state index is 12.4. The molecule has 1 saturated heterocycles. The molecule has 3 N–H and O–H groups in total. The van der Waals surface area contributed by atoms with Crippen molar-refractivity contribution in [1.29, 1.82) is 0 Å². The number of anilines is 1. The number of hydrogen-bond donors (Lipinski definition) is 2. The van der Waals surface area contributed by atoms with Gasteiger partial charge in [0.25, 0.3) is 0 Å². The molecule has 1 fully saturated rings. The molecule has 0 spiro atoms. The molecule has 0 amide bonds. The number of benzene rings is 1. The van der Waals surface area contributed by atoms with E-state index in [1.54, 1.807) is 12.1 Å². The van der Waals surface area contributed by atoms with Crippen molar-refractivity contribution in [3.8, 4) is 5.75 Å². The zero-order valence-electron chi connectivity index (χ0n) is 12.5. The van der Waals surface area contributed by atoms with Crippen molar-refractivity contribution in [1.82, 2.24) is 9.62 Å². The van der Waals surface area contributed by atoms with E-state index in [1.807, 2.05) is 7.05 Å². The van der Waals surface area contributed by atoms with Crippen molar-refractivity contribution < 1.29 is 13.2 Å². The number of likely N-dealkylation sites (N-methyl/N-ethyl adjacent to an activating group) is 1. The second kappa shape index (κ2) is 6.64. The van der Waals surface area contributed by atoms with Gasteiger partial charge in [-0.1, -0.05) is 6.42 Å². The van der Waals surface area contributed by atoms with Crippen LogP contribution in [-0.2, 0) is 10.0 Å². The topological polar surface area (TPSA) is 84.7 Å². The number of likely N-dealkylation sites (tertiary alicyclic amines) is 1. The first kappa shape index (κ1) is 16.1. The lowest BCUT2D eigenvalue weighted by Gasteiger charge is -2.32. The fourth-order valence-electron chi connectivity index (χ4n) is 2.59. The van der Waals surface area contributed by atoms with Gasteiger partial charge in [-0.3, -0.25) is 0 Å². The number of nitrogens with two attached hydrogens (primary N) is 1. The summed E-state index contributed by atoms with van der Waals surface area (Å²) in [6.45, 7) is 1.41. The zero-order valence-corrected chi connectivity index (χ0v) is 13.3. The van der Waals surface area contributed by atoms with Gasteiger partial charge in [0, 0.05) is 18.3 Å². The summed E-state index contributed by atoms with van der Waals surface area (Å²) in [4.78, 5) is 2.28. The predicted octanol–water partition coefficient (Wildman–Crippen LogP) is 1.04. The molecule has 1 aliphatic rings. The third kappa shape index (κ3) is 3.87. The van der Waals surface area contributed by atoms with Crippen molar-refractivity contribution in [3.05, 3.63) is 18.2 Å². The highest BCUT2D eigenvalue weighted by Crippen LogP contribution is 2.26. The highest BCUT2D eigenvalue weighted by Gasteiger charge is 2.24. The smallest absolute Gasteiger partial charge is 0.244 e. The van der Waals surface area contributed by atoms with Crippen LogP contribution < -0.4 is 15.2 Å². The summed E-state index contributed by atoms with van der Waals surface area (Å²) >= 11 is 0. The second-order valence-electron chi connectivity index (χ2n) is 5.39. The van der Waals surface area contributed by atoms with Crippen LogP contribution in [0.4, 0.5) is 5.69 Å². The Labute approximate surface area is 126 Å². The number of hydrogen-bond acceptors (Lipinski definition) is 5. The van der Waals surface area contributed by atoms with Crippen LogP contribution in [-0.4, -0.2) is 46.6 Å². The molecule has 21 heavy (non-hydrogen) atoms. The Balaban J connectivity index is 2.13. The molecule has 6 nitrogen and oxygen atoms in total. The van der Waals surface area contributed by atoms with Crippen LogP contribution in [0.1, 0.15) is 19.3 Å². The zero-order chi connectivity index (χ0) is 15.5. The first-order chi connectivity index (χ1) is 9.94. The summed E-state index contributed by atoms with van der Waals surface area (Å²) in [7, 11) is -0.159. The standard InChI is InChI=1S/C14H23N3O3S/c1-17-8-4-3-5-12(17)10-16-21(18,19)14-9-11(15)6-7-13(14)20-2/h6-7,9,12,16H,3-5,8,10,15H2,1-2H3. The average molecular weight is 313 g/mol. The molecule has 0 bridgehead atoms. The third-order valence-corrected chi connectivity index (χ3v) is 5.35. The Hall–Kier alpha value is -1.31. The van der Waals surface area contributed by atoms with Crippen LogP contribution >= 0.6 is 0 Å². The predicted molar refractivity (Wildman–Crippen MR) is 82.9 cm³/mol. The van der Waals surface area contributed by atoms with E-state index in [2.05, 4.69) is 9.62 Å². The van der Waals surface area contributed by atoms with Gasteiger partial charge in [-0.15, -0.1) is 0 Å². The number of methoxy groups -OCH3 is 1. The van der Waals surface area contributed by atoms with E-state index >= 15 is 0 Å². The van der Waals surface area contributed by atoms with Gasteiger partial charge >= 0.3 is 0 Å². The van der Waals surface area contributed by atoms with Crippen LogP contribution in [0.15, 0.2) is 23.1 Å². The Bertz CT molecular complexity index is 589. The quantitative estimate of drug-likeness (QED) is 0.794. The van der Waals surface area contributed by atoms with E-state index in [0.717, 1.165) is 19.4 Å². The van der Waals surface area contributed by atoms with Gasteiger partial charge in [-0.25, -0.2) is 13.1 Å². The molecule has 2 rings (SSSR count). The molecule has 0 saturated carbocycles. The molecular weight excluding hydrogens is 290 g/mol. The van der Waals surface area contributed by atoms with Crippen molar-refractivity contribution in [3.63, 3.8) is 0 Å². The van der Waals surface area contributed by atoms with Crippen molar-refractivity contribution >= 4 is 15.7 Å². The number of sulfonamides is 1. The minimum absolute atomic E-state index is 0.0865. The van der Waals surface area contributed by atoms with E-state index in [9.17, 15) is 8.42 Å². The molecule has 7 heteroatoms. The lowest BCUT2D eigenvalue weighted by atomic mass is 10.0. The van der Waals surface area contributed by atoms with Gasteiger partial charge < -0.3 is 15.4 Å². The minimum Gasteiger partial charge on any atom is -0.495 e. The van der Waals surface area contributed by atoms with Gasteiger partial charge in [0.2, 0.25) is 10.0 Å². The number of nitrogens with one attached hydrogen (secondary N) is 1. The molecule has 1 unspecified atom stereocenters. The maximum Gasteiger partial charge on any atom is 0.244 e. The van der Waals surface area contributed by atoms with Crippen LogP contribution in [0.2, 0.25) is 0 Å². The molecule has 1 atom stereocenters. The molecular formula is C14H23N3O3S. The summed E-state index contributed by atoms with van der Waals surface area (Å²) in [5, 5.41) is 0. The Kier molecular flexibility index (Phi) is 5.08. The SMILES string of the molecule is COc1ccc(N)cc1S(=O)(=O)NCC1CCCCN1C. The van der Waals surface area contributed by atoms with Gasteiger partial charge in [0.15, 0.2) is 0 Å². The first-order valence-corrected chi connectivity index (χ1v) is 8.56. The first-order valence-electron chi connectivity index (χ1n) is 7.07. The minimum atomic E-state index is -3.63. The monoisotopic (exact) mass is 313 g/mol. The molecule has 1 heterocycles. The largest absolute Gasteiger partial charge is 0.495 e. The highest BCUT2D eigenvalue weighted by molar-refractivity contribution is 7.89. The normalized spacial score (nSPS) is 20.4. The third-order valence-electron chi connectivity index (χ3n) is 3.91. The number of rotatable bonds is 5. The summed E-state index contributed by atoms with van der Waals surface area (Å²) in [5.41, 5.74) is 6.08. The van der Waals surface area contributed by atoms with Crippen LogP contribution in [0.3, 0.4) is 0 Å². The molecule has 0 aromatic heterocycles. The van der Waals surface area contributed by atoms with Crippen LogP contribution in [0, 0.1) is 0 Å². The van der Waals surface area contributed by atoms with Gasteiger partial charge in [0.05, 0.1) is 7.11 Å². The van der Waals surface area contributed by atoms with Gasteiger partial charge in [0.1, 0.15) is 10.6 Å². The molecule has 0 aliphatic carbocycles. The van der Waals surface area contributed by atoms with Gasteiger partial charge in [-0.2, -0.15) is 0 Å². The van der Waals surface area contributed by atoms with Gasteiger partial charge in [-0.05, 0) is 44.6 Å². The van der Waals surface area contributed by atoms with E-state index in [1.165, 1.54) is 19.6 Å². The molecule has 1 aromatic carbocycles. The lowest BCUT2D eigenvalue weighted by molar-refractivity contribution is 0.187. The fourth-order valence-corrected chi connectivity index (χ4v) is 3.86. The van der Waals surface area contributed by atoms with Crippen molar-refractivity contribution in [2.75, 3.05) is 33.0 Å². The molecule has 118 valence electrons. The number of ether oxygens (including phenoxy) is 1. The average Bonchev–Trinajstić information content (AvgIpc) is 2.46. The number of piperidine rings is 1. The fraction of sp³-hybridized carbons (Fsp3) is 0.571. The van der Waals surface area contributed by atoms with Crippen molar-refractivity contribution in [2.45, 2.75) is 30.2 Å². The number of nitrogen functional groups attached to an aromatic ring is 1. The molecule has 0 radical (unpaired) electrons. The highest BCUT2D eigenvalue weighted by atomic mass is 32.2. The van der Waals surface area contributed by atoms with E-state index in [4.69, 9.17) is 10.5 Å². The maximum absolute atomic E-state index is 12.4. The molecule has 1 aliphatic heterocycles. The summed E-state index contributed by atoms with van der Waals surface area (Å²) in [5.74, 6) is 0.300. The summed E-state index contributed by atoms with van der Waals surface area (Å²) < 4.78 is 32.7. The summed E-state index contributed by atoms with van der Waals surface area (Å²) in [6.07, 6.45) is 3.31. The van der Waals surface area contributed by atoms with Crippen molar-refractivity contribution in [2.24, 2.45) is 0 Å². The second-order valence-corrected chi connectivity index (χ2v) is 7.13. The number of nitrogens with zero attached hydrogens (tertiary/aromatic N) is 1. The van der Waals surface area contributed by atoms with Crippen LogP contribution in [0.25, 0.3) is 0 Å². The van der Waals surface area contributed by atoms with E-state index < -0.39 is 10.0 Å². The lowest BCUT2D eigenvalue weighted by Crippen LogP contribution is -2.44. The molecule has 1 aromatic rings.